The van der Waals surface area contributed by atoms with Gasteiger partial charge in [0.2, 0.25) is 0 Å². The number of methoxy groups -OCH3 is 1. The second-order valence-electron chi connectivity index (χ2n) is 5.53. The van der Waals surface area contributed by atoms with Gasteiger partial charge >= 0.3 is 12.0 Å². The number of carbonyl (C=O) groups excluding carboxylic acids is 2. The predicted octanol–water partition coefficient (Wildman–Crippen LogP) is 1.83. The van der Waals surface area contributed by atoms with Crippen molar-refractivity contribution >= 4 is 12.0 Å². The second kappa shape index (κ2) is 10.4. The summed E-state index contributed by atoms with van der Waals surface area (Å²) in [5.74, 6) is 0.329. The zero-order chi connectivity index (χ0) is 15.5. The summed E-state index contributed by atoms with van der Waals surface area (Å²) < 4.78 is 9.89. The number of ether oxygens (including phenoxy) is 2. The summed E-state index contributed by atoms with van der Waals surface area (Å²) in [4.78, 5) is 22.7. The number of hydrogen-bond donors (Lipinski definition) is 2. The second-order valence-corrected chi connectivity index (χ2v) is 5.53. The molecule has 6 nitrogen and oxygen atoms in total. The normalized spacial score (nSPS) is 17.0. The van der Waals surface area contributed by atoms with Gasteiger partial charge < -0.3 is 20.1 Å². The number of rotatable bonds is 8. The van der Waals surface area contributed by atoms with Crippen LogP contribution in [0.1, 0.15) is 45.4 Å². The topological polar surface area (TPSA) is 76.7 Å². The Bertz CT molecular complexity index is 317. The van der Waals surface area contributed by atoms with Crippen LogP contribution in [-0.4, -0.2) is 44.9 Å². The lowest BCUT2D eigenvalue weighted by atomic mass is 9.93. The number of unbranched alkanes of at least 4 members (excludes halogenated alkanes) is 2. The highest BCUT2D eigenvalue weighted by molar-refractivity contribution is 5.74. The third kappa shape index (κ3) is 7.90. The fourth-order valence-electron chi connectivity index (χ4n) is 2.47. The standard InChI is InChI=1S/C15H28N2O4/c1-12(13-7-10-21-11-8-13)17-15(19)16-9-5-3-4-6-14(18)20-2/h12-13H,3-11H2,1-2H3,(H2,16,17,19)/t12-/m0/s1. The monoisotopic (exact) mass is 300 g/mol. The third-order valence-corrected chi connectivity index (χ3v) is 3.90. The largest absolute Gasteiger partial charge is 0.469 e. The van der Waals surface area contributed by atoms with Gasteiger partial charge in [0.25, 0.3) is 0 Å². The average molecular weight is 300 g/mol. The fourth-order valence-corrected chi connectivity index (χ4v) is 2.47. The molecule has 1 rings (SSSR count). The molecule has 2 amide bonds. The van der Waals surface area contributed by atoms with Gasteiger partial charge in [-0.3, -0.25) is 4.79 Å². The average Bonchev–Trinajstić information content (AvgIpc) is 2.51. The number of urea groups is 1. The molecular weight excluding hydrogens is 272 g/mol. The van der Waals surface area contributed by atoms with Crippen LogP contribution in [-0.2, 0) is 14.3 Å². The molecule has 2 N–H and O–H groups in total. The van der Waals surface area contributed by atoms with Gasteiger partial charge in [-0.25, -0.2) is 4.79 Å². The third-order valence-electron chi connectivity index (χ3n) is 3.90. The van der Waals surface area contributed by atoms with Gasteiger partial charge in [0.15, 0.2) is 0 Å². The van der Waals surface area contributed by atoms with Crippen LogP contribution in [0.5, 0.6) is 0 Å². The van der Waals surface area contributed by atoms with Crippen molar-refractivity contribution in [2.45, 2.75) is 51.5 Å². The highest BCUT2D eigenvalue weighted by atomic mass is 16.5. The van der Waals surface area contributed by atoms with E-state index in [1.54, 1.807) is 0 Å². The van der Waals surface area contributed by atoms with Crippen LogP contribution in [0.4, 0.5) is 4.79 Å². The quantitative estimate of drug-likeness (QED) is 0.529. The Morgan fingerprint density at radius 3 is 2.62 bits per heavy atom. The van der Waals surface area contributed by atoms with Gasteiger partial charge in [-0.15, -0.1) is 0 Å². The molecule has 0 unspecified atom stereocenters. The molecule has 0 spiro atoms. The Morgan fingerprint density at radius 2 is 1.95 bits per heavy atom. The first-order valence-corrected chi connectivity index (χ1v) is 7.82. The molecule has 1 aliphatic rings. The summed E-state index contributed by atoms with van der Waals surface area (Å²) >= 11 is 0. The number of nitrogens with one attached hydrogen (secondary N) is 2. The molecule has 1 atom stereocenters. The minimum atomic E-state index is -0.175. The Hall–Kier alpha value is -1.30. The molecular formula is C15H28N2O4. The van der Waals surface area contributed by atoms with E-state index in [1.165, 1.54) is 7.11 Å². The maximum Gasteiger partial charge on any atom is 0.315 e. The van der Waals surface area contributed by atoms with Crippen LogP contribution in [0.15, 0.2) is 0 Å². The maximum absolute atomic E-state index is 11.8. The Balaban J connectivity index is 2.01. The predicted molar refractivity (Wildman–Crippen MR) is 80.0 cm³/mol. The van der Waals surface area contributed by atoms with Crippen molar-refractivity contribution in [3.63, 3.8) is 0 Å². The highest BCUT2D eigenvalue weighted by Crippen LogP contribution is 2.18. The van der Waals surface area contributed by atoms with Crippen molar-refractivity contribution in [2.24, 2.45) is 5.92 Å². The lowest BCUT2D eigenvalue weighted by Gasteiger charge is -2.28. The van der Waals surface area contributed by atoms with E-state index in [1.807, 2.05) is 6.92 Å². The van der Waals surface area contributed by atoms with Crippen LogP contribution in [0, 0.1) is 5.92 Å². The first-order chi connectivity index (χ1) is 10.1. The maximum atomic E-state index is 11.8. The number of esters is 1. The molecule has 0 aromatic heterocycles. The number of carbonyl (C=O) groups is 2. The first kappa shape index (κ1) is 17.8. The van der Waals surface area contributed by atoms with E-state index in [9.17, 15) is 9.59 Å². The van der Waals surface area contributed by atoms with Crippen LogP contribution in [0.3, 0.4) is 0 Å². The van der Waals surface area contributed by atoms with Crippen molar-refractivity contribution in [3.8, 4) is 0 Å². The Morgan fingerprint density at radius 1 is 1.24 bits per heavy atom. The van der Waals surface area contributed by atoms with Crippen molar-refractivity contribution < 1.29 is 19.1 Å². The zero-order valence-electron chi connectivity index (χ0n) is 13.2. The van der Waals surface area contributed by atoms with E-state index in [-0.39, 0.29) is 18.0 Å². The van der Waals surface area contributed by atoms with Crippen molar-refractivity contribution in [3.05, 3.63) is 0 Å². The van der Waals surface area contributed by atoms with E-state index < -0.39 is 0 Å². The molecule has 0 saturated carbocycles. The van der Waals surface area contributed by atoms with Crippen LogP contribution in [0.25, 0.3) is 0 Å². The zero-order valence-corrected chi connectivity index (χ0v) is 13.2. The number of amides is 2. The molecule has 1 heterocycles. The van der Waals surface area contributed by atoms with E-state index in [4.69, 9.17) is 4.74 Å². The minimum absolute atomic E-state index is 0.109. The minimum Gasteiger partial charge on any atom is -0.469 e. The molecule has 122 valence electrons. The summed E-state index contributed by atoms with van der Waals surface area (Å²) in [7, 11) is 1.40. The molecule has 0 aromatic carbocycles. The molecule has 0 radical (unpaired) electrons. The van der Waals surface area contributed by atoms with E-state index in [0.717, 1.165) is 45.3 Å². The van der Waals surface area contributed by atoms with Gasteiger partial charge in [0.05, 0.1) is 7.11 Å². The van der Waals surface area contributed by atoms with Crippen molar-refractivity contribution in [1.82, 2.24) is 10.6 Å². The van der Waals surface area contributed by atoms with Gasteiger partial charge in [0, 0.05) is 32.2 Å². The van der Waals surface area contributed by atoms with E-state index in [2.05, 4.69) is 15.4 Å². The summed E-state index contributed by atoms with van der Waals surface area (Å²) in [6.45, 7) is 4.26. The Labute approximate surface area is 126 Å². The Kier molecular flexibility index (Phi) is 8.82. The summed E-state index contributed by atoms with van der Waals surface area (Å²) in [5.41, 5.74) is 0. The van der Waals surface area contributed by atoms with Gasteiger partial charge in [-0.1, -0.05) is 6.42 Å². The molecule has 0 bridgehead atoms. The fraction of sp³-hybridized carbons (Fsp3) is 0.867. The lowest BCUT2D eigenvalue weighted by Crippen LogP contribution is -2.45. The molecule has 0 aliphatic carbocycles. The van der Waals surface area contributed by atoms with Gasteiger partial charge in [-0.05, 0) is 38.5 Å². The molecule has 1 fully saturated rings. The summed E-state index contributed by atoms with van der Waals surface area (Å²) in [6, 6.07) is 0.0650. The molecule has 21 heavy (non-hydrogen) atoms. The SMILES string of the molecule is COC(=O)CCCCCNC(=O)N[C@@H](C)C1CCOCC1. The highest BCUT2D eigenvalue weighted by Gasteiger charge is 2.21. The molecule has 0 aromatic rings. The lowest BCUT2D eigenvalue weighted by molar-refractivity contribution is -0.140. The van der Waals surface area contributed by atoms with Crippen LogP contribution in [0.2, 0.25) is 0 Å². The van der Waals surface area contributed by atoms with E-state index >= 15 is 0 Å². The molecule has 1 aliphatic heterocycles. The molecule has 6 heteroatoms. The van der Waals surface area contributed by atoms with Gasteiger partial charge in [0.1, 0.15) is 0 Å². The van der Waals surface area contributed by atoms with Gasteiger partial charge in [-0.2, -0.15) is 0 Å². The summed E-state index contributed by atoms with van der Waals surface area (Å²) in [6.07, 6.45) is 5.04. The van der Waals surface area contributed by atoms with Crippen LogP contribution >= 0.6 is 0 Å². The van der Waals surface area contributed by atoms with E-state index in [0.29, 0.717) is 18.9 Å². The van der Waals surface area contributed by atoms with Crippen molar-refractivity contribution in [1.29, 1.82) is 0 Å². The summed E-state index contributed by atoms with van der Waals surface area (Å²) in [5, 5.41) is 5.85. The van der Waals surface area contributed by atoms with Crippen LogP contribution < -0.4 is 10.6 Å². The van der Waals surface area contributed by atoms with Crippen molar-refractivity contribution in [2.75, 3.05) is 26.9 Å². The first-order valence-electron chi connectivity index (χ1n) is 7.82. The number of hydrogen-bond acceptors (Lipinski definition) is 4. The molecule has 1 saturated heterocycles. The smallest absolute Gasteiger partial charge is 0.315 e.